The van der Waals surface area contributed by atoms with Crippen LogP contribution in [0.5, 0.6) is 11.8 Å². The van der Waals surface area contributed by atoms with Crippen LogP contribution in [0.1, 0.15) is 15.9 Å². The van der Waals surface area contributed by atoms with Gasteiger partial charge in [0.2, 0.25) is 5.91 Å². The lowest BCUT2D eigenvalue weighted by Gasteiger charge is -2.40. The topological polar surface area (TPSA) is 87.7 Å². The highest BCUT2D eigenvalue weighted by Gasteiger charge is 2.34. The van der Waals surface area contributed by atoms with Crippen LogP contribution >= 0.6 is 0 Å². The van der Waals surface area contributed by atoms with Crippen LogP contribution in [0.15, 0.2) is 73.1 Å². The second-order valence-corrected chi connectivity index (χ2v) is 7.50. The van der Waals surface area contributed by atoms with E-state index in [4.69, 9.17) is 4.74 Å². The number of benzene rings is 2. The first-order chi connectivity index (χ1) is 15.6. The molecule has 8 heteroatoms. The van der Waals surface area contributed by atoms with Gasteiger partial charge >= 0.3 is 6.01 Å². The Kier molecular flexibility index (Phi) is 6.72. The minimum absolute atomic E-state index is 0.100. The van der Waals surface area contributed by atoms with Crippen molar-refractivity contribution in [3.05, 3.63) is 84.2 Å². The third-order valence-corrected chi connectivity index (χ3v) is 5.39. The zero-order chi connectivity index (χ0) is 22.3. The van der Waals surface area contributed by atoms with Crippen LogP contribution in [0.25, 0.3) is 0 Å². The van der Waals surface area contributed by atoms with Gasteiger partial charge in [-0.2, -0.15) is 0 Å². The number of hydrogen-bond acceptors (Lipinski definition) is 6. The van der Waals surface area contributed by atoms with E-state index in [1.54, 1.807) is 54.7 Å². The van der Waals surface area contributed by atoms with Gasteiger partial charge in [-0.1, -0.05) is 36.4 Å². The molecule has 4 rings (SSSR count). The summed E-state index contributed by atoms with van der Waals surface area (Å²) in [5.41, 5.74) is 1.62. The maximum Gasteiger partial charge on any atom is 0.321 e. The van der Waals surface area contributed by atoms with Crippen LogP contribution in [-0.4, -0.2) is 64.3 Å². The molecule has 1 aromatic heterocycles. The highest BCUT2D eigenvalue weighted by atomic mass is 16.5. The summed E-state index contributed by atoms with van der Waals surface area (Å²) in [6.07, 6.45) is 3.18. The summed E-state index contributed by atoms with van der Waals surface area (Å²) in [6, 6.07) is 18.4. The van der Waals surface area contributed by atoms with Crippen LogP contribution in [-0.2, 0) is 11.3 Å². The molecule has 1 aliphatic rings. The summed E-state index contributed by atoms with van der Waals surface area (Å²) in [5, 5.41) is 2.73. The molecule has 1 aliphatic heterocycles. The van der Waals surface area contributed by atoms with E-state index in [0.717, 1.165) is 5.56 Å². The number of hydrogen-bond donors (Lipinski definition) is 1. The molecule has 1 fully saturated rings. The predicted molar refractivity (Wildman–Crippen MR) is 119 cm³/mol. The van der Waals surface area contributed by atoms with Crippen LogP contribution in [0.4, 0.5) is 0 Å². The van der Waals surface area contributed by atoms with Gasteiger partial charge < -0.3 is 15.0 Å². The van der Waals surface area contributed by atoms with Gasteiger partial charge in [-0.05, 0) is 29.8 Å². The number of ether oxygens (including phenoxy) is 1. The summed E-state index contributed by atoms with van der Waals surface area (Å²) in [6.45, 7) is 2.11. The minimum atomic E-state index is -0.421. The normalized spacial score (nSPS) is 16.4. The summed E-state index contributed by atoms with van der Waals surface area (Å²) in [5.74, 6) is 0.238. The van der Waals surface area contributed by atoms with Crippen molar-refractivity contribution >= 4 is 11.8 Å². The van der Waals surface area contributed by atoms with E-state index in [1.807, 2.05) is 30.3 Å². The summed E-state index contributed by atoms with van der Waals surface area (Å²) in [7, 11) is 1.62. The number of amides is 2. The van der Waals surface area contributed by atoms with E-state index in [1.165, 1.54) is 0 Å². The van der Waals surface area contributed by atoms with Crippen LogP contribution in [0.3, 0.4) is 0 Å². The fraction of sp³-hybridized carbons (Fsp3) is 0.250. The van der Waals surface area contributed by atoms with Crippen molar-refractivity contribution in [3.63, 3.8) is 0 Å². The van der Waals surface area contributed by atoms with Crippen molar-refractivity contribution < 1.29 is 14.3 Å². The van der Waals surface area contributed by atoms with Gasteiger partial charge in [0.1, 0.15) is 11.8 Å². The molecule has 1 atom stereocenters. The highest BCUT2D eigenvalue weighted by molar-refractivity contribution is 5.95. The minimum Gasteiger partial charge on any atom is -0.424 e. The molecular formula is C24H25N5O3. The lowest BCUT2D eigenvalue weighted by atomic mass is 10.1. The summed E-state index contributed by atoms with van der Waals surface area (Å²) >= 11 is 0. The third kappa shape index (κ3) is 5.09. The van der Waals surface area contributed by atoms with Crippen molar-refractivity contribution in [2.75, 3.05) is 26.7 Å². The Labute approximate surface area is 186 Å². The number of piperazine rings is 1. The van der Waals surface area contributed by atoms with Gasteiger partial charge in [-0.25, -0.2) is 9.97 Å². The van der Waals surface area contributed by atoms with Gasteiger partial charge in [0, 0.05) is 51.2 Å². The molecule has 1 N–H and O–H groups in total. The highest BCUT2D eigenvalue weighted by Crippen LogP contribution is 2.21. The predicted octanol–water partition coefficient (Wildman–Crippen LogP) is 2.34. The Morgan fingerprint density at radius 2 is 1.81 bits per heavy atom. The lowest BCUT2D eigenvalue weighted by Crippen LogP contribution is -2.59. The molecule has 2 aromatic carbocycles. The maximum absolute atomic E-state index is 13.2. The van der Waals surface area contributed by atoms with Crippen molar-refractivity contribution in [3.8, 4) is 11.8 Å². The maximum atomic E-state index is 13.2. The van der Waals surface area contributed by atoms with Gasteiger partial charge in [0.25, 0.3) is 5.91 Å². The van der Waals surface area contributed by atoms with Crippen LogP contribution < -0.4 is 10.1 Å². The fourth-order valence-corrected chi connectivity index (χ4v) is 3.75. The molecule has 0 bridgehead atoms. The van der Waals surface area contributed by atoms with E-state index in [0.29, 0.717) is 37.5 Å². The van der Waals surface area contributed by atoms with Crippen molar-refractivity contribution in [2.24, 2.45) is 0 Å². The SMILES string of the molecule is CNC(=O)[C@H]1CN(C(=O)c2cccc(Oc3ncccn3)c2)CCN1Cc1ccccc1. The molecular weight excluding hydrogens is 406 g/mol. The van der Waals surface area contributed by atoms with Crippen LogP contribution in [0, 0.1) is 0 Å². The number of carbonyl (C=O) groups is 2. The first-order valence-electron chi connectivity index (χ1n) is 10.5. The number of aromatic nitrogens is 2. The molecule has 0 radical (unpaired) electrons. The first kappa shape index (κ1) is 21.5. The third-order valence-electron chi connectivity index (χ3n) is 5.39. The van der Waals surface area contributed by atoms with E-state index in [2.05, 4.69) is 20.2 Å². The zero-order valence-corrected chi connectivity index (χ0v) is 17.8. The molecule has 2 amide bonds. The Balaban J connectivity index is 1.47. The number of carbonyl (C=O) groups excluding carboxylic acids is 2. The summed E-state index contributed by atoms with van der Waals surface area (Å²) in [4.78, 5) is 37.7. The Morgan fingerprint density at radius 3 is 2.56 bits per heavy atom. The molecule has 1 saturated heterocycles. The Bertz CT molecular complexity index is 1060. The van der Waals surface area contributed by atoms with Gasteiger partial charge in [-0.15, -0.1) is 0 Å². The lowest BCUT2D eigenvalue weighted by molar-refractivity contribution is -0.128. The first-order valence-corrected chi connectivity index (χ1v) is 10.5. The van der Waals surface area contributed by atoms with E-state index < -0.39 is 6.04 Å². The van der Waals surface area contributed by atoms with Gasteiger partial charge in [0.05, 0.1) is 0 Å². The molecule has 0 spiro atoms. The van der Waals surface area contributed by atoms with Crippen molar-refractivity contribution in [2.45, 2.75) is 12.6 Å². The molecule has 0 unspecified atom stereocenters. The molecule has 0 saturated carbocycles. The summed E-state index contributed by atoms with van der Waals surface area (Å²) < 4.78 is 5.65. The number of nitrogens with zero attached hydrogens (tertiary/aromatic N) is 4. The Hall–Kier alpha value is -3.78. The second kappa shape index (κ2) is 10.0. The van der Waals surface area contributed by atoms with E-state index in [-0.39, 0.29) is 17.8 Å². The van der Waals surface area contributed by atoms with Gasteiger partial charge in [-0.3, -0.25) is 14.5 Å². The zero-order valence-electron chi connectivity index (χ0n) is 17.8. The largest absolute Gasteiger partial charge is 0.424 e. The fourth-order valence-electron chi connectivity index (χ4n) is 3.75. The number of rotatable bonds is 6. The molecule has 32 heavy (non-hydrogen) atoms. The molecule has 2 heterocycles. The Morgan fingerprint density at radius 1 is 1.03 bits per heavy atom. The number of nitrogens with one attached hydrogen (secondary N) is 1. The molecule has 3 aromatic rings. The second-order valence-electron chi connectivity index (χ2n) is 7.50. The average Bonchev–Trinajstić information content (AvgIpc) is 2.85. The van der Waals surface area contributed by atoms with Crippen molar-refractivity contribution in [1.29, 1.82) is 0 Å². The standard InChI is InChI=1S/C24H25N5O3/c1-25-22(30)21-17-29(14-13-28(21)16-18-7-3-2-4-8-18)23(31)19-9-5-10-20(15-19)32-24-26-11-6-12-27-24/h2-12,15,21H,13-14,16-17H2,1H3,(H,25,30)/t21-/m1/s1. The quantitative estimate of drug-likeness (QED) is 0.645. The molecule has 8 nitrogen and oxygen atoms in total. The smallest absolute Gasteiger partial charge is 0.321 e. The average molecular weight is 431 g/mol. The monoisotopic (exact) mass is 431 g/mol. The van der Waals surface area contributed by atoms with Crippen molar-refractivity contribution in [1.82, 2.24) is 25.1 Å². The molecule has 0 aliphatic carbocycles. The van der Waals surface area contributed by atoms with Crippen LogP contribution in [0.2, 0.25) is 0 Å². The van der Waals surface area contributed by atoms with Gasteiger partial charge in [0.15, 0.2) is 0 Å². The van der Waals surface area contributed by atoms with E-state index in [9.17, 15) is 9.59 Å². The number of likely N-dealkylation sites (N-methyl/N-ethyl adjacent to an activating group) is 1. The molecule has 164 valence electrons. The van der Waals surface area contributed by atoms with E-state index >= 15 is 0 Å².